The molecular formula is C22H22N2O3. The average molecular weight is 362 g/mol. The number of benzene rings is 3. The Morgan fingerprint density at radius 2 is 1.67 bits per heavy atom. The highest BCUT2D eigenvalue weighted by Gasteiger charge is 2.16. The van der Waals surface area contributed by atoms with Crippen molar-refractivity contribution >= 4 is 22.8 Å². The van der Waals surface area contributed by atoms with Gasteiger partial charge in [-0.3, -0.25) is 4.79 Å². The summed E-state index contributed by atoms with van der Waals surface area (Å²) in [4.78, 5) is 23.5. The van der Waals surface area contributed by atoms with Crippen LogP contribution in [-0.2, 0) is 6.42 Å². The minimum atomic E-state index is -1.07. The molecule has 3 rings (SSSR count). The molecule has 1 atom stereocenters. The largest absolute Gasteiger partial charge is 0.465 e. The van der Waals surface area contributed by atoms with Gasteiger partial charge < -0.3 is 15.7 Å². The normalized spacial score (nSPS) is 11.7. The van der Waals surface area contributed by atoms with Crippen molar-refractivity contribution in [1.29, 1.82) is 0 Å². The molecule has 0 aliphatic rings. The second-order valence-corrected chi connectivity index (χ2v) is 6.40. The molecule has 0 radical (unpaired) electrons. The van der Waals surface area contributed by atoms with Gasteiger partial charge in [-0.05, 0) is 41.3 Å². The number of hydrogen-bond acceptors (Lipinski definition) is 2. The van der Waals surface area contributed by atoms with E-state index in [0.29, 0.717) is 12.0 Å². The summed E-state index contributed by atoms with van der Waals surface area (Å²) in [5, 5.41) is 16.4. The van der Waals surface area contributed by atoms with Crippen LogP contribution in [-0.4, -0.2) is 23.7 Å². The molecule has 0 aromatic heterocycles. The first-order valence-electron chi connectivity index (χ1n) is 8.89. The van der Waals surface area contributed by atoms with Gasteiger partial charge in [0.2, 0.25) is 0 Å². The lowest BCUT2D eigenvalue weighted by atomic mass is 9.98. The number of amides is 2. The molecule has 0 aliphatic carbocycles. The molecule has 27 heavy (non-hydrogen) atoms. The van der Waals surface area contributed by atoms with E-state index in [-0.39, 0.29) is 18.5 Å². The second-order valence-electron chi connectivity index (χ2n) is 6.40. The summed E-state index contributed by atoms with van der Waals surface area (Å²) in [7, 11) is 0. The van der Waals surface area contributed by atoms with Crippen LogP contribution < -0.4 is 10.6 Å². The summed E-state index contributed by atoms with van der Waals surface area (Å²) in [5.74, 6) is -0.165. The SMILES string of the molecule is CC(NC(=O)c1ccccc1CCNC(=O)O)c1cccc2ccccc12. The first-order valence-corrected chi connectivity index (χ1v) is 8.89. The topological polar surface area (TPSA) is 78.4 Å². The van der Waals surface area contributed by atoms with Crippen LogP contribution in [0.5, 0.6) is 0 Å². The predicted octanol–water partition coefficient (Wildman–Crippen LogP) is 4.14. The molecule has 3 N–H and O–H groups in total. The fourth-order valence-corrected chi connectivity index (χ4v) is 3.24. The zero-order valence-electron chi connectivity index (χ0n) is 15.1. The van der Waals surface area contributed by atoms with E-state index in [9.17, 15) is 9.59 Å². The maximum absolute atomic E-state index is 12.8. The number of carbonyl (C=O) groups excluding carboxylic acids is 1. The highest BCUT2D eigenvalue weighted by atomic mass is 16.4. The van der Waals surface area contributed by atoms with Gasteiger partial charge in [0.1, 0.15) is 0 Å². The van der Waals surface area contributed by atoms with Crippen LogP contribution >= 0.6 is 0 Å². The second kappa shape index (κ2) is 8.36. The van der Waals surface area contributed by atoms with Crippen molar-refractivity contribution in [2.24, 2.45) is 0 Å². The molecule has 0 aliphatic heterocycles. The number of nitrogens with one attached hydrogen (secondary N) is 2. The lowest BCUT2D eigenvalue weighted by molar-refractivity contribution is 0.0939. The Bertz CT molecular complexity index is 963. The quantitative estimate of drug-likeness (QED) is 0.617. The van der Waals surface area contributed by atoms with Gasteiger partial charge in [-0.25, -0.2) is 4.79 Å². The third-order valence-corrected chi connectivity index (χ3v) is 4.57. The van der Waals surface area contributed by atoms with E-state index in [1.807, 2.05) is 49.4 Å². The Hall–Kier alpha value is -3.34. The zero-order chi connectivity index (χ0) is 19.2. The van der Waals surface area contributed by atoms with Crippen LogP contribution in [0.15, 0.2) is 66.7 Å². The molecule has 5 heteroatoms. The average Bonchev–Trinajstić information content (AvgIpc) is 2.67. The highest BCUT2D eigenvalue weighted by Crippen LogP contribution is 2.24. The van der Waals surface area contributed by atoms with E-state index < -0.39 is 6.09 Å². The minimum absolute atomic E-state index is 0.159. The summed E-state index contributed by atoms with van der Waals surface area (Å²) in [6.45, 7) is 2.23. The summed E-state index contributed by atoms with van der Waals surface area (Å²) in [6.07, 6.45) is -0.611. The smallest absolute Gasteiger partial charge is 0.404 e. The van der Waals surface area contributed by atoms with Crippen molar-refractivity contribution in [3.8, 4) is 0 Å². The Morgan fingerprint density at radius 3 is 2.48 bits per heavy atom. The van der Waals surface area contributed by atoms with Crippen molar-refractivity contribution in [1.82, 2.24) is 10.6 Å². The minimum Gasteiger partial charge on any atom is -0.465 e. The summed E-state index contributed by atoms with van der Waals surface area (Å²) >= 11 is 0. The van der Waals surface area contributed by atoms with Gasteiger partial charge in [0, 0.05) is 12.1 Å². The van der Waals surface area contributed by atoms with Gasteiger partial charge in [0.15, 0.2) is 0 Å². The molecule has 0 spiro atoms. The van der Waals surface area contributed by atoms with E-state index in [4.69, 9.17) is 5.11 Å². The first-order chi connectivity index (χ1) is 13.1. The van der Waals surface area contributed by atoms with Crippen LogP contribution in [0.4, 0.5) is 4.79 Å². The highest BCUT2D eigenvalue weighted by molar-refractivity contribution is 5.96. The van der Waals surface area contributed by atoms with Crippen LogP contribution in [0, 0.1) is 0 Å². The molecule has 0 bridgehead atoms. The van der Waals surface area contributed by atoms with E-state index in [2.05, 4.69) is 28.8 Å². The fourth-order valence-electron chi connectivity index (χ4n) is 3.24. The van der Waals surface area contributed by atoms with Crippen LogP contribution in [0.3, 0.4) is 0 Å². The molecule has 2 amide bonds. The molecule has 3 aromatic rings. The summed E-state index contributed by atoms with van der Waals surface area (Å²) in [5.41, 5.74) is 2.44. The van der Waals surface area contributed by atoms with Crippen molar-refractivity contribution in [2.45, 2.75) is 19.4 Å². The van der Waals surface area contributed by atoms with Gasteiger partial charge in [-0.1, -0.05) is 60.7 Å². The van der Waals surface area contributed by atoms with Gasteiger partial charge in [0.05, 0.1) is 6.04 Å². The van der Waals surface area contributed by atoms with Crippen molar-refractivity contribution in [2.75, 3.05) is 6.54 Å². The van der Waals surface area contributed by atoms with E-state index in [1.165, 1.54) is 0 Å². The van der Waals surface area contributed by atoms with Gasteiger partial charge in [0.25, 0.3) is 5.91 Å². The number of carbonyl (C=O) groups is 2. The molecule has 138 valence electrons. The van der Waals surface area contributed by atoms with Crippen LogP contribution in [0.2, 0.25) is 0 Å². The summed E-state index contributed by atoms with van der Waals surface area (Å²) in [6, 6.07) is 21.3. The maximum Gasteiger partial charge on any atom is 0.404 e. The first kappa shape index (κ1) is 18.5. The molecule has 0 saturated carbocycles. The van der Waals surface area contributed by atoms with Gasteiger partial charge in [-0.15, -0.1) is 0 Å². The zero-order valence-corrected chi connectivity index (χ0v) is 15.1. The van der Waals surface area contributed by atoms with Gasteiger partial charge >= 0.3 is 6.09 Å². The van der Waals surface area contributed by atoms with Crippen LogP contribution in [0.1, 0.15) is 34.5 Å². The Kier molecular flexibility index (Phi) is 5.71. The molecular weight excluding hydrogens is 340 g/mol. The van der Waals surface area contributed by atoms with Gasteiger partial charge in [-0.2, -0.15) is 0 Å². The Morgan fingerprint density at radius 1 is 0.963 bits per heavy atom. The third kappa shape index (κ3) is 4.44. The number of fused-ring (bicyclic) bond motifs is 1. The molecule has 5 nitrogen and oxygen atoms in total. The maximum atomic E-state index is 12.8. The fraction of sp³-hybridized carbons (Fsp3) is 0.182. The monoisotopic (exact) mass is 362 g/mol. The molecule has 1 unspecified atom stereocenters. The number of rotatable bonds is 6. The molecule has 0 saturated heterocycles. The van der Waals surface area contributed by atoms with Crippen molar-refractivity contribution in [3.63, 3.8) is 0 Å². The lowest BCUT2D eigenvalue weighted by Crippen LogP contribution is -2.29. The predicted molar refractivity (Wildman–Crippen MR) is 106 cm³/mol. The Balaban J connectivity index is 1.78. The lowest BCUT2D eigenvalue weighted by Gasteiger charge is -2.18. The van der Waals surface area contributed by atoms with E-state index in [1.54, 1.807) is 6.07 Å². The van der Waals surface area contributed by atoms with E-state index in [0.717, 1.165) is 21.9 Å². The molecule has 0 heterocycles. The molecule has 0 fully saturated rings. The standard InChI is InChI=1S/C22H22N2O3/c1-15(18-12-6-9-16-7-2-4-10-19(16)18)24-21(25)20-11-5-3-8-17(20)13-14-23-22(26)27/h2-12,15,23H,13-14H2,1H3,(H,24,25)(H,26,27). The summed E-state index contributed by atoms with van der Waals surface area (Å²) < 4.78 is 0. The third-order valence-electron chi connectivity index (χ3n) is 4.57. The molecule has 3 aromatic carbocycles. The Labute approximate surface area is 158 Å². The van der Waals surface area contributed by atoms with E-state index >= 15 is 0 Å². The number of carboxylic acid groups (broad SMARTS) is 1. The van der Waals surface area contributed by atoms with Crippen molar-refractivity contribution < 1.29 is 14.7 Å². The van der Waals surface area contributed by atoms with Crippen molar-refractivity contribution in [3.05, 3.63) is 83.4 Å². The van der Waals surface area contributed by atoms with Crippen LogP contribution in [0.25, 0.3) is 10.8 Å². The number of hydrogen-bond donors (Lipinski definition) is 3.